The van der Waals surface area contributed by atoms with E-state index < -0.39 is 11.7 Å². The van der Waals surface area contributed by atoms with Gasteiger partial charge in [0, 0.05) is 6.04 Å². The lowest BCUT2D eigenvalue weighted by Gasteiger charge is -2.17. The number of benzene rings is 2. The van der Waals surface area contributed by atoms with Crippen molar-refractivity contribution in [1.29, 1.82) is 0 Å². The maximum atomic E-state index is 13.7. The van der Waals surface area contributed by atoms with Crippen LogP contribution in [0.1, 0.15) is 29.7 Å². The van der Waals surface area contributed by atoms with Gasteiger partial charge in [-0.15, -0.1) is 0 Å². The minimum Gasteiger partial charge on any atom is -0.376 e. The van der Waals surface area contributed by atoms with Crippen LogP contribution in [0.2, 0.25) is 0 Å². The molecule has 0 radical (unpaired) electrons. The maximum Gasteiger partial charge on any atom is 0.416 e. The highest BCUT2D eigenvalue weighted by Gasteiger charge is 2.30. The van der Waals surface area contributed by atoms with Crippen LogP contribution in [0.15, 0.2) is 42.5 Å². The summed E-state index contributed by atoms with van der Waals surface area (Å²) in [6.45, 7) is 3.61. The van der Waals surface area contributed by atoms with Crippen molar-refractivity contribution in [3.05, 3.63) is 65.0 Å². The van der Waals surface area contributed by atoms with Crippen molar-refractivity contribution in [2.45, 2.75) is 26.1 Å². The third-order valence-corrected chi connectivity index (χ3v) is 3.23. The van der Waals surface area contributed by atoms with Crippen LogP contribution in [0, 0.1) is 12.7 Å². The summed E-state index contributed by atoms with van der Waals surface area (Å²) in [4.78, 5) is 0. The molecule has 0 aromatic heterocycles. The van der Waals surface area contributed by atoms with E-state index in [1.54, 1.807) is 19.1 Å². The SMILES string of the molecule is Cc1ccc(F)c(NC(C)c2ccc(C(F)(F)F)cc2)c1. The summed E-state index contributed by atoms with van der Waals surface area (Å²) in [5.41, 5.74) is 1.20. The highest BCUT2D eigenvalue weighted by atomic mass is 19.4. The zero-order chi connectivity index (χ0) is 15.6. The van der Waals surface area contributed by atoms with Gasteiger partial charge in [-0.25, -0.2) is 4.39 Å². The number of hydrogen-bond acceptors (Lipinski definition) is 1. The van der Waals surface area contributed by atoms with E-state index in [2.05, 4.69) is 5.32 Å². The lowest BCUT2D eigenvalue weighted by Crippen LogP contribution is -2.09. The molecule has 0 heterocycles. The molecule has 1 atom stereocenters. The molecule has 1 unspecified atom stereocenters. The summed E-state index contributed by atoms with van der Waals surface area (Å²) >= 11 is 0. The summed E-state index contributed by atoms with van der Waals surface area (Å²) in [5, 5.41) is 2.97. The van der Waals surface area contributed by atoms with E-state index in [4.69, 9.17) is 0 Å². The van der Waals surface area contributed by atoms with E-state index in [-0.39, 0.29) is 11.9 Å². The molecule has 21 heavy (non-hydrogen) atoms. The first-order valence-corrected chi connectivity index (χ1v) is 6.47. The normalized spacial score (nSPS) is 13.0. The Morgan fingerprint density at radius 2 is 1.62 bits per heavy atom. The molecule has 0 aliphatic rings. The number of hydrogen-bond donors (Lipinski definition) is 1. The number of nitrogens with one attached hydrogen (secondary N) is 1. The Kier molecular flexibility index (Phi) is 4.21. The molecule has 0 saturated heterocycles. The molecule has 1 nitrogen and oxygen atoms in total. The van der Waals surface area contributed by atoms with Gasteiger partial charge in [0.2, 0.25) is 0 Å². The van der Waals surface area contributed by atoms with Gasteiger partial charge in [-0.1, -0.05) is 18.2 Å². The van der Waals surface area contributed by atoms with Crippen molar-refractivity contribution in [2.24, 2.45) is 0 Å². The summed E-state index contributed by atoms with van der Waals surface area (Å²) in [6.07, 6.45) is -4.35. The Bertz CT molecular complexity index is 617. The first kappa shape index (κ1) is 15.4. The van der Waals surface area contributed by atoms with Gasteiger partial charge >= 0.3 is 6.18 Å². The van der Waals surface area contributed by atoms with Crippen molar-refractivity contribution in [3.63, 3.8) is 0 Å². The minimum absolute atomic E-state index is 0.302. The molecule has 0 aliphatic heterocycles. The van der Waals surface area contributed by atoms with E-state index in [0.29, 0.717) is 11.3 Å². The van der Waals surface area contributed by atoms with Crippen molar-refractivity contribution in [1.82, 2.24) is 0 Å². The van der Waals surface area contributed by atoms with Gasteiger partial charge in [0.25, 0.3) is 0 Å². The van der Waals surface area contributed by atoms with Crippen molar-refractivity contribution in [3.8, 4) is 0 Å². The molecule has 0 spiro atoms. The van der Waals surface area contributed by atoms with Crippen LogP contribution in [0.4, 0.5) is 23.2 Å². The standard InChI is InChI=1S/C16H15F4N/c1-10-3-8-14(17)15(9-10)21-11(2)12-4-6-13(7-5-12)16(18,19)20/h3-9,11,21H,1-2H3. The van der Waals surface area contributed by atoms with E-state index >= 15 is 0 Å². The molecule has 5 heteroatoms. The zero-order valence-corrected chi connectivity index (χ0v) is 11.6. The number of aryl methyl sites for hydroxylation is 1. The van der Waals surface area contributed by atoms with Crippen LogP contribution in [-0.4, -0.2) is 0 Å². The molecule has 1 N–H and O–H groups in total. The van der Waals surface area contributed by atoms with Gasteiger partial charge < -0.3 is 5.32 Å². The van der Waals surface area contributed by atoms with Gasteiger partial charge in [-0.05, 0) is 49.2 Å². The average molecular weight is 297 g/mol. The highest BCUT2D eigenvalue weighted by molar-refractivity contribution is 5.49. The van der Waals surface area contributed by atoms with Gasteiger partial charge in [0.1, 0.15) is 5.82 Å². The van der Waals surface area contributed by atoms with Crippen LogP contribution in [0.5, 0.6) is 0 Å². The van der Waals surface area contributed by atoms with Crippen molar-refractivity contribution >= 4 is 5.69 Å². The van der Waals surface area contributed by atoms with Gasteiger partial charge in [-0.2, -0.15) is 13.2 Å². The third kappa shape index (κ3) is 3.74. The third-order valence-electron chi connectivity index (χ3n) is 3.23. The first-order chi connectivity index (χ1) is 9.77. The van der Waals surface area contributed by atoms with E-state index in [9.17, 15) is 17.6 Å². The predicted octanol–water partition coefficient (Wildman–Crippen LogP) is 5.33. The Morgan fingerprint density at radius 1 is 1.00 bits per heavy atom. The van der Waals surface area contributed by atoms with E-state index in [0.717, 1.165) is 17.7 Å². The molecule has 2 aromatic rings. The van der Waals surface area contributed by atoms with Gasteiger partial charge in [0.15, 0.2) is 0 Å². The summed E-state index contributed by atoms with van der Waals surface area (Å²) < 4.78 is 51.2. The Morgan fingerprint density at radius 3 is 2.19 bits per heavy atom. The van der Waals surface area contributed by atoms with Gasteiger partial charge in [-0.3, -0.25) is 0 Å². The second kappa shape index (κ2) is 5.76. The van der Waals surface area contributed by atoms with Crippen molar-refractivity contribution < 1.29 is 17.6 Å². The summed E-state index contributed by atoms with van der Waals surface area (Å²) in [6, 6.07) is 9.22. The minimum atomic E-state index is -4.35. The number of anilines is 1. The van der Waals surface area contributed by atoms with Gasteiger partial charge in [0.05, 0.1) is 11.3 Å². The first-order valence-electron chi connectivity index (χ1n) is 6.47. The second-order valence-electron chi connectivity index (χ2n) is 4.97. The summed E-state index contributed by atoms with van der Waals surface area (Å²) in [5.74, 6) is -0.389. The number of halogens is 4. The van der Waals surface area contributed by atoms with Crippen molar-refractivity contribution in [2.75, 3.05) is 5.32 Å². The maximum absolute atomic E-state index is 13.7. The fraction of sp³-hybridized carbons (Fsp3) is 0.250. The predicted molar refractivity (Wildman–Crippen MR) is 74.6 cm³/mol. The van der Waals surface area contributed by atoms with Crippen LogP contribution < -0.4 is 5.32 Å². The number of rotatable bonds is 3. The molecular formula is C16H15F4N. The lowest BCUT2D eigenvalue weighted by atomic mass is 10.1. The quantitative estimate of drug-likeness (QED) is 0.755. The fourth-order valence-corrected chi connectivity index (χ4v) is 2.03. The van der Waals surface area contributed by atoms with Crippen LogP contribution >= 0.6 is 0 Å². The fourth-order valence-electron chi connectivity index (χ4n) is 2.03. The molecule has 2 rings (SSSR count). The topological polar surface area (TPSA) is 12.0 Å². The molecular weight excluding hydrogens is 282 g/mol. The molecule has 112 valence electrons. The Labute approximate surface area is 120 Å². The highest BCUT2D eigenvalue weighted by Crippen LogP contribution is 2.30. The average Bonchev–Trinajstić information content (AvgIpc) is 2.42. The molecule has 0 saturated carbocycles. The van der Waals surface area contributed by atoms with Crippen LogP contribution in [0.25, 0.3) is 0 Å². The van der Waals surface area contributed by atoms with Crippen LogP contribution in [-0.2, 0) is 6.18 Å². The number of alkyl halides is 3. The van der Waals surface area contributed by atoms with Crippen LogP contribution in [0.3, 0.4) is 0 Å². The largest absolute Gasteiger partial charge is 0.416 e. The Balaban J connectivity index is 2.17. The van der Waals surface area contributed by atoms with E-state index in [1.165, 1.54) is 18.2 Å². The van der Waals surface area contributed by atoms with E-state index in [1.807, 2.05) is 6.92 Å². The Hall–Kier alpha value is -2.04. The zero-order valence-electron chi connectivity index (χ0n) is 11.6. The molecule has 0 aliphatic carbocycles. The summed E-state index contributed by atoms with van der Waals surface area (Å²) in [7, 11) is 0. The molecule has 0 bridgehead atoms. The molecule has 0 amide bonds. The lowest BCUT2D eigenvalue weighted by molar-refractivity contribution is -0.137. The molecule has 2 aromatic carbocycles. The molecule has 0 fully saturated rings. The second-order valence-corrected chi connectivity index (χ2v) is 4.97. The monoisotopic (exact) mass is 297 g/mol. The smallest absolute Gasteiger partial charge is 0.376 e.